The Kier molecular flexibility index (Phi) is 5.43. The van der Waals surface area contributed by atoms with Crippen LogP contribution in [0.4, 0.5) is 4.39 Å². The summed E-state index contributed by atoms with van der Waals surface area (Å²) in [6.45, 7) is 3.32. The number of carbonyl (C=O) groups excluding carboxylic acids is 1. The van der Waals surface area contributed by atoms with Crippen molar-refractivity contribution in [2.75, 3.05) is 14.1 Å². The molecule has 5 nitrogen and oxygen atoms in total. The maximum atomic E-state index is 13.4. The van der Waals surface area contributed by atoms with E-state index in [2.05, 4.69) is 15.9 Å². The maximum Gasteiger partial charge on any atom is 0.295 e. The predicted octanol–water partition coefficient (Wildman–Crippen LogP) is 3.25. The van der Waals surface area contributed by atoms with Crippen molar-refractivity contribution in [2.24, 2.45) is 0 Å². The molecule has 7 heteroatoms. The second-order valence-corrected chi connectivity index (χ2v) is 6.54. The summed E-state index contributed by atoms with van der Waals surface area (Å²) in [6.07, 6.45) is 1.52. The van der Waals surface area contributed by atoms with Crippen molar-refractivity contribution in [1.82, 2.24) is 9.47 Å². The quantitative estimate of drug-likeness (QED) is 0.796. The average Bonchev–Trinajstić information content (AvgIpc) is 2.48. The molecule has 0 atom stereocenters. The normalized spacial score (nSPS) is 10.6. The van der Waals surface area contributed by atoms with Crippen LogP contribution in [-0.4, -0.2) is 29.5 Å². The Bertz CT molecular complexity index is 823. The Labute approximate surface area is 147 Å². The lowest BCUT2D eigenvalue weighted by Crippen LogP contribution is -2.31. The van der Waals surface area contributed by atoms with Gasteiger partial charge in [0, 0.05) is 20.3 Å². The number of rotatable bonds is 4. The summed E-state index contributed by atoms with van der Waals surface area (Å²) in [5.74, 6) is -0.0919. The first-order valence-electron chi connectivity index (χ1n) is 7.24. The second-order valence-electron chi connectivity index (χ2n) is 5.68. The van der Waals surface area contributed by atoms with E-state index >= 15 is 0 Å². The first-order valence-corrected chi connectivity index (χ1v) is 8.03. The molecule has 1 amide bonds. The number of pyridine rings is 1. The van der Waals surface area contributed by atoms with Gasteiger partial charge < -0.3 is 14.2 Å². The van der Waals surface area contributed by atoms with Crippen LogP contribution in [0.2, 0.25) is 0 Å². The van der Waals surface area contributed by atoms with E-state index in [-0.39, 0.29) is 24.0 Å². The molecule has 0 aliphatic heterocycles. The van der Waals surface area contributed by atoms with Crippen LogP contribution in [-0.2, 0) is 11.3 Å². The Morgan fingerprint density at radius 2 is 1.83 bits per heavy atom. The summed E-state index contributed by atoms with van der Waals surface area (Å²) in [6, 6.07) is 4.31. The minimum Gasteiger partial charge on any atom is -0.450 e. The molecule has 0 aliphatic carbocycles. The summed E-state index contributed by atoms with van der Waals surface area (Å²) in [5, 5.41) is 0. The largest absolute Gasteiger partial charge is 0.450 e. The van der Waals surface area contributed by atoms with E-state index in [0.717, 1.165) is 0 Å². The van der Waals surface area contributed by atoms with Gasteiger partial charge in [-0.2, -0.15) is 0 Å². The van der Waals surface area contributed by atoms with E-state index in [1.165, 1.54) is 27.8 Å². The number of aromatic nitrogens is 1. The standard InChI is InChI=1S/C17H18BrFN2O3/c1-10-7-12(19)8-11(2)15(10)24-16-13(18)5-6-21(17(16)23)9-14(22)20(3)4/h5-8H,9H2,1-4H3. The van der Waals surface area contributed by atoms with Crippen LogP contribution in [0.5, 0.6) is 11.5 Å². The number of likely N-dealkylation sites (N-methyl/N-ethyl adjacent to an activating group) is 1. The van der Waals surface area contributed by atoms with Gasteiger partial charge in [0.05, 0.1) is 4.47 Å². The molecule has 0 unspecified atom stereocenters. The van der Waals surface area contributed by atoms with Crippen molar-refractivity contribution in [3.8, 4) is 11.5 Å². The van der Waals surface area contributed by atoms with Gasteiger partial charge in [0.2, 0.25) is 11.7 Å². The summed E-state index contributed by atoms with van der Waals surface area (Å²) in [4.78, 5) is 25.8. The van der Waals surface area contributed by atoms with Crippen molar-refractivity contribution >= 4 is 21.8 Å². The third kappa shape index (κ3) is 3.84. The molecular weight excluding hydrogens is 379 g/mol. The van der Waals surface area contributed by atoms with Gasteiger partial charge >= 0.3 is 0 Å². The Balaban J connectivity index is 2.45. The second kappa shape index (κ2) is 7.17. The highest BCUT2D eigenvalue weighted by atomic mass is 79.9. The molecule has 0 radical (unpaired) electrons. The van der Waals surface area contributed by atoms with Crippen LogP contribution in [0.25, 0.3) is 0 Å². The van der Waals surface area contributed by atoms with Crippen LogP contribution in [0, 0.1) is 19.7 Å². The van der Waals surface area contributed by atoms with Crippen molar-refractivity contribution in [3.63, 3.8) is 0 Å². The molecule has 24 heavy (non-hydrogen) atoms. The first kappa shape index (κ1) is 18.2. The molecule has 0 fully saturated rings. The third-order valence-electron chi connectivity index (χ3n) is 3.51. The number of hydrogen-bond donors (Lipinski definition) is 0. The van der Waals surface area contributed by atoms with Gasteiger partial charge in [0.1, 0.15) is 18.1 Å². The topological polar surface area (TPSA) is 51.5 Å². The molecular formula is C17H18BrFN2O3. The lowest BCUT2D eigenvalue weighted by Gasteiger charge is -2.15. The summed E-state index contributed by atoms with van der Waals surface area (Å²) in [5.41, 5.74) is 0.722. The average molecular weight is 397 g/mol. The summed E-state index contributed by atoms with van der Waals surface area (Å²) >= 11 is 3.29. The molecule has 0 spiro atoms. The lowest BCUT2D eigenvalue weighted by molar-refractivity contribution is -0.129. The van der Waals surface area contributed by atoms with Crippen molar-refractivity contribution < 1.29 is 13.9 Å². The van der Waals surface area contributed by atoms with E-state index in [0.29, 0.717) is 21.3 Å². The first-order chi connectivity index (χ1) is 11.2. The summed E-state index contributed by atoms with van der Waals surface area (Å²) in [7, 11) is 3.24. The number of aryl methyl sites for hydroxylation is 2. The highest BCUT2D eigenvalue weighted by molar-refractivity contribution is 9.10. The molecule has 0 saturated carbocycles. The van der Waals surface area contributed by atoms with E-state index < -0.39 is 5.56 Å². The molecule has 1 heterocycles. The zero-order valence-electron chi connectivity index (χ0n) is 13.9. The molecule has 0 aliphatic rings. The van der Waals surface area contributed by atoms with Crippen molar-refractivity contribution in [1.29, 1.82) is 0 Å². The number of halogens is 2. The Hall–Kier alpha value is -2.15. The minimum absolute atomic E-state index is 0.0573. The number of nitrogens with zero attached hydrogens (tertiary/aromatic N) is 2. The zero-order chi connectivity index (χ0) is 18.0. The van der Waals surface area contributed by atoms with Crippen LogP contribution in [0.15, 0.2) is 33.7 Å². The van der Waals surface area contributed by atoms with E-state index in [1.807, 2.05) is 0 Å². The summed E-state index contributed by atoms with van der Waals surface area (Å²) < 4.78 is 20.9. The van der Waals surface area contributed by atoms with Crippen molar-refractivity contribution in [3.05, 3.63) is 56.2 Å². The monoisotopic (exact) mass is 396 g/mol. The molecule has 0 bridgehead atoms. The fourth-order valence-corrected chi connectivity index (χ4v) is 2.56. The van der Waals surface area contributed by atoms with Gasteiger partial charge in [0.15, 0.2) is 0 Å². The molecule has 2 rings (SSSR count). The molecule has 1 aromatic heterocycles. The maximum absolute atomic E-state index is 13.4. The van der Waals surface area contributed by atoms with Gasteiger partial charge in [-0.3, -0.25) is 9.59 Å². The van der Waals surface area contributed by atoms with Crippen molar-refractivity contribution in [2.45, 2.75) is 20.4 Å². The zero-order valence-corrected chi connectivity index (χ0v) is 15.5. The van der Waals surface area contributed by atoms with Gasteiger partial charge in [-0.05, 0) is 59.1 Å². The lowest BCUT2D eigenvalue weighted by atomic mass is 10.1. The molecule has 1 aromatic carbocycles. The Morgan fingerprint density at radius 3 is 2.38 bits per heavy atom. The molecule has 2 aromatic rings. The Morgan fingerprint density at radius 1 is 1.25 bits per heavy atom. The van der Waals surface area contributed by atoms with E-state index in [1.54, 1.807) is 34.0 Å². The third-order valence-corrected chi connectivity index (χ3v) is 4.13. The number of ether oxygens (including phenoxy) is 1. The van der Waals surface area contributed by atoms with Crippen LogP contribution in [0.1, 0.15) is 11.1 Å². The number of carbonyl (C=O) groups is 1. The smallest absolute Gasteiger partial charge is 0.295 e. The molecule has 128 valence electrons. The number of benzene rings is 1. The predicted molar refractivity (Wildman–Crippen MR) is 93.0 cm³/mol. The number of amides is 1. The highest BCUT2D eigenvalue weighted by Crippen LogP contribution is 2.31. The fraction of sp³-hybridized carbons (Fsp3) is 0.294. The van der Waals surface area contributed by atoms with Gasteiger partial charge in [-0.15, -0.1) is 0 Å². The highest BCUT2D eigenvalue weighted by Gasteiger charge is 2.16. The minimum atomic E-state index is -0.442. The van der Waals surface area contributed by atoms with E-state index in [4.69, 9.17) is 4.74 Å². The molecule has 0 N–H and O–H groups in total. The van der Waals surface area contributed by atoms with Crippen LogP contribution in [0.3, 0.4) is 0 Å². The van der Waals surface area contributed by atoms with Gasteiger partial charge in [0.25, 0.3) is 5.56 Å². The van der Waals surface area contributed by atoms with E-state index in [9.17, 15) is 14.0 Å². The fourth-order valence-electron chi connectivity index (χ4n) is 2.20. The van der Waals surface area contributed by atoms with Crippen LogP contribution >= 0.6 is 15.9 Å². The molecule has 0 saturated heterocycles. The van der Waals surface area contributed by atoms with Crippen LogP contribution < -0.4 is 10.3 Å². The van der Waals surface area contributed by atoms with Gasteiger partial charge in [-0.1, -0.05) is 0 Å². The number of hydrogen-bond acceptors (Lipinski definition) is 3. The van der Waals surface area contributed by atoms with Gasteiger partial charge in [-0.25, -0.2) is 4.39 Å². The SMILES string of the molecule is Cc1cc(F)cc(C)c1Oc1c(Br)ccn(CC(=O)N(C)C)c1=O.